The topological polar surface area (TPSA) is 60.8 Å². The summed E-state index contributed by atoms with van der Waals surface area (Å²) in [6, 6.07) is 12.8. The third-order valence-corrected chi connectivity index (χ3v) is 3.07. The molecule has 0 aliphatic heterocycles. The van der Waals surface area contributed by atoms with Crippen molar-refractivity contribution >= 4 is 11.6 Å². The van der Waals surface area contributed by atoms with Gasteiger partial charge in [0.25, 0.3) is 5.91 Å². The minimum Gasteiger partial charge on any atom is -0.508 e. The molecule has 0 fully saturated rings. The molecule has 0 heterocycles. The van der Waals surface area contributed by atoms with Gasteiger partial charge in [0, 0.05) is 17.8 Å². The zero-order valence-electron chi connectivity index (χ0n) is 12.2. The Morgan fingerprint density at radius 2 is 1.43 bits per heavy atom. The molecule has 2 aromatic rings. The molecule has 0 saturated heterocycles. The van der Waals surface area contributed by atoms with Crippen LogP contribution in [0.15, 0.2) is 48.5 Å². The molecule has 0 aromatic heterocycles. The lowest BCUT2D eigenvalue weighted by atomic mass is 10.1. The van der Waals surface area contributed by atoms with Crippen molar-refractivity contribution in [3.8, 4) is 11.5 Å². The Labute approximate surface area is 124 Å². The molecule has 1 amide bonds. The first-order valence-corrected chi connectivity index (χ1v) is 6.87. The summed E-state index contributed by atoms with van der Waals surface area (Å²) in [6.45, 7) is 4.65. The Kier molecular flexibility index (Phi) is 4.48. The molecule has 4 heteroatoms. The summed E-state index contributed by atoms with van der Waals surface area (Å²) >= 11 is 0. The molecule has 0 bridgehead atoms. The van der Waals surface area contributed by atoms with Crippen molar-refractivity contribution in [2.24, 2.45) is 5.92 Å². The number of rotatable bonds is 4. The number of phenols is 2. The maximum atomic E-state index is 12.7. The first kappa shape index (κ1) is 14.9. The van der Waals surface area contributed by atoms with Crippen LogP contribution in [0.3, 0.4) is 0 Å². The summed E-state index contributed by atoms with van der Waals surface area (Å²) in [6.07, 6.45) is 0. The maximum Gasteiger partial charge on any atom is 0.258 e. The highest BCUT2D eigenvalue weighted by molar-refractivity contribution is 6.06. The van der Waals surface area contributed by atoms with Crippen molar-refractivity contribution < 1.29 is 15.0 Å². The van der Waals surface area contributed by atoms with Gasteiger partial charge in [0.2, 0.25) is 0 Å². The molecule has 0 atom stereocenters. The van der Waals surface area contributed by atoms with E-state index in [0.29, 0.717) is 18.0 Å². The van der Waals surface area contributed by atoms with Crippen molar-refractivity contribution in [2.75, 3.05) is 11.4 Å². The van der Waals surface area contributed by atoms with Crippen LogP contribution in [0.5, 0.6) is 11.5 Å². The first-order valence-electron chi connectivity index (χ1n) is 6.87. The lowest BCUT2D eigenvalue weighted by Gasteiger charge is -2.25. The number of phenolic OH excluding ortho intramolecular Hbond substituents is 2. The van der Waals surface area contributed by atoms with Gasteiger partial charge in [-0.1, -0.05) is 13.8 Å². The lowest BCUT2D eigenvalue weighted by Crippen LogP contribution is -2.34. The highest BCUT2D eigenvalue weighted by Crippen LogP contribution is 2.22. The summed E-state index contributed by atoms with van der Waals surface area (Å²) in [4.78, 5) is 14.3. The Hall–Kier alpha value is -2.49. The third-order valence-electron chi connectivity index (χ3n) is 3.07. The molecule has 4 nitrogen and oxygen atoms in total. The number of aromatic hydroxyl groups is 2. The third kappa shape index (κ3) is 3.75. The Morgan fingerprint density at radius 3 is 1.90 bits per heavy atom. The number of hydrogen-bond acceptors (Lipinski definition) is 3. The molecule has 0 saturated carbocycles. The SMILES string of the molecule is CC(C)CN(C(=O)c1ccc(O)cc1)c1ccc(O)cc1. The summed E-state index contributed by atoms with van der Waals surface area (Å²) in [5.74, 6) is 0.473. The highest BCUT2D eigenvalue weighted by Gasteiger charge is 2.18. The molecular formula is C17H19NO3. The minimum atomic E-state index is -0.130. The number of carbonyl (C=O) groups is 1. The number of amides is 1. The maximum absolute atomic E-state index is 12.7. The van der Waals surface area contributed by atoms with Crippen LogP contribution < -0.4 is 4.90 Å². The molecule has 21 heavy (non-hydrogen) atoms. The van der Waals surface area contributed by atoms with E-state index in [1.54, 1.807) is 41.3 Å². The van der Waals surface area contributed by atoms with Gasteiger partial charge >= 0.3 is 0 Å². The van der Waals surface area contributed by atoms with Crippen LogP contribution >= 0.6 is 0 Å². The summed E-state index contributed by atoms with van der Waals surface area (Å²) in [5, 5.41) is 18.7. The van der Waals surface area contributed by atoms with Crippen molar-refractivity contribution in [1.82, 2.24) is 0 Å². The van der Waals surface area contributed by atoms with E-state index >= 15 is 0 Å². The molecular weight excluding hydrogens is 266 g/mol. The van der Waals surface area contributed by atoms with Crippen LogP contribution in [-0.4, -0.2) is 22.7 Å². The minimum absolute atomic E-state index is 0.130. The standard InChI is InChI=1S/C17H19NO3/c1-12(2)11-18(14-5-9-16(20)10-6-14)17(21)13-3-7-15(19)8-4-13/h3-10,12,19-20H,11H2,1-2H3. The van der Waals surface area contributed by atoms with Crippen LogP contribution in [0, 0.1) is 5.92 Å². The van der Waals surface area contributed by atoms with Gasteiger partial charge in [0.15, 0.2) is 0 Å². The van der Waals surface area contributed by atoms with Crippen LogP contribution in [-0.2, 0) is 0 Å². The van der Waals surface area contributed by atoms with Gasteiger partial charge in [-0.2, -0.15) is 0 Å². The summed E-state index contributed by atoms with van der Waals surface area (Å²) in [7, 11) is 0. The van der Waals surface area contributed by atoms with E-state index in [2.05, 4.69) is 0 Å². The summed E-state index contributed by atoms with van der Waals surface area (Å²) in [5.41, 5.74) is 1.25. The lowest BCUT2D eigenvalue weighted by molar-refractivity contribution is 0.0984. The number of carbonyl (C=O) groups excluding carboxylic acids is 1. The van der Waals surface area contributed by atoms with E-state index < -0.39 is 0 Å². The Balaban J connectivity index is 2.33. The van der Waals surface area contributed by atoms with E-state index in [-0.39, 0.29) is 17.4 Å². The van der Waals surface area contributed by atoms with Gasteiger partial charge in [-0.15, -0.1) is 0 Å². The van der Waals surface area contributed by atoms with Crippen molar-refractivity contribution in [2.45, 2.75) is 13.8 Å². The molecule has 110 valence electrons. The van der Waals surface area contributed by atoms with Crippen LogP contribution in [0.1, 0.15) is 24.2 Å². The molecule has 0 spiro atoms. The fourth-order valence-electron chi connectivity index (χ4n) is 2.06. The Bertz CT molecular complexity index is 603. The first-order chi connectivity index (χ1) is 9.97. The molecule has 2 rings (SSSR count). The zero-order valence-corrected chi connectivity index (χ0v) is 12.2. The monoisotopic (exact) mass is 285 g/mol. The second kappa shape index (κ2) is 6.31. The van der Waals surface area contributed by atoms with E-state index in [1.807, 2.05) is 13.8 Å². The normalized spacial score (nSPS) is 10.6. The van der Waals surface area contributed by atoms with E-state index in [9.17, 15) is 15.0 Å². The number of nitrogens with zero attached hydrogens (tertiary/aromatic N) is 1. The predicted molar refractivity (Wildman–Crippen MR) is 82.7 cm³/mol. The van der Waals surface area contributed by atoms with E-state index in [4.69, 9.17) is 0 Å². The van der Waals surface area contributed by atoms with Crippen molar-refractivity contribution in [3.05, 3.63) is 54.1 Å². The molecule has 0 aliphatic rings. The molecule has 2 aromatic carbocycles. The predicted octanol–water partition coefficient (Wildman–Crippen LogP) is 3.40. The fourth-order valence-corrected chi connectivity index (χ4v) is 2.06. The van der Waals surface area contributed by atoms with Gasteiger partial charge in [0.05, 0.1) is 0 Å². The second-order valence-corrected chi connectivity index (χ2v) is 5.37. The van der Waals surface area contributed by atoms with Crippen LogP contribution in [0.25, 0.3) is 0 Å². The quantitative estimate of drug-likeness (QED) is 0.905. The van der Waals surface area contributed by atoms with Gasteiger partial charge < -0.3 is 15.1 Å². The average Bonchev–Trinajstić information content (AvgIpc) is 2.46. The molecule has 0 radical (unpaired) electrons. The van der Waals surface area contributed by atoms with Gasteiger partial charge in [-0.05, 0) is 54.4 Å². The van der Waals surface area contributed by atoms with Crippen molar-refractivity contribution in [1.29, 1.82) is 0 Å². The zero-order chi connectivity index (χ0) is 15.4. The van der Waals surface area contributed by atoms with Gasteiger partial charge in [0.1, 0.15) is 11.5 Å². The molecule has 0 aliphatic carbocycles. The number of hydrogen-bond donors (Lipinski definition) is 2. The van der Waals surface area contributed by atoms with E-state index in [0.717, 1.165) is 5.69 Å². The smallest absolute Gasteiger partial charge is 0.258 e. The number of benzene rings is 2. The molecule has 0 unspecified atom stereocenters. The van der Waals surface area contributed by atoms with Crippen molar-refractivity contribution in [3.63, 3.8) is 0 Å². The van der Waals surface area contributed by atoms with Gasteiger partial charge in [-0.25, -0.2) is 0 Å². The van der Waals surface area contributed by atoms with Crippen LogP contribution in [0.2, 0.25) is 0 Å². The second-order valence-electron chi connectivity index (χ2n) is 5.37. The summed E-state index contributed by atoms with van der Waals surface area (Å²) < 4.78 is 0. The van der Waals surface area contributed by atoms with Crippen LogP contribution in [0.4, 0.5) is 5.69 Å². The van der Waals surface area contributed by atoms with Gasteiger partial charge in [-0.3, -0.25) is 4.79 Å². The largest absolute Gasteiger partial charge is 0.508 e. The highest BCUT2D eigenvalue weighted by atomic mass is 16.3. The van der Waals surface area contributed by atoms with E-state index in [1.165, 1.54) is 12.1 Å². The fraction of sp³-hybridized carbons (Fsp3) is 0.235. The average molecular weight is 285 g/mol. The molecule has 2 N–H and O–H groups in total. The Morgan fingerprint density at radius 1 is 0.952 bits per heavy atom. The number of anilines is 1.